The lowest BCUT2D eigenvalue weighted by Crippen LogP contribution is -2.66. The number of ketones is 1. The third-order valence-corrected chi connectivity index (χ3v) is 7.78. The second-order valence-corrected chi connectivity index (χ2v) is 10.3. The fourth-order valence-corrected chi connectivity index (χ4v) is 5.63. The second-order valence-electron chi connectivity index (χ2n) is 10.3. The van der Waals surface area contributed by atoms with E-state index in [2.05, 4.69) is 0 Å². The Bertz CT molecular complexity index is 1600. The Balaban J connectivity index is 2.07. The number of carbonyl (C=O) groups excluding carboxylic acids is 4. The molecule has 2 aromatic heterocycles. The number of Topliss-reactive ketones (excluding diaryl/α,β-unsaturated/α-hetero) is 1. The number of benzene rings is 2. The van der Waals surface area contributed by atoms with Crippen LogP contribution < -0.4 is 0 Å². The van der Waals surface area contributed by atoms with Crippen LogP contribution in [-0.4, -0.2) is 65.7 Å². The number of amides is 1. The Kier molecular flexibility index (Phi) is 9.86. The topological polar surface area (TPSA) is 136 Å². The molecule has 0 radical (unpaired) electrons. The van der Waals surface area contributed by atoms with Gasteiger partial charge in [-0.15, -0.1) is 0 Å². The molecule has 1 N–H and O–H groups in total. The van der Waals surface area contributed by atoms with Crippen molar-refractivity contribution in [3.8, 4) is 0 Å². The quantitative estimate of drug-likeness (QED) is 0.167. The Hall–Kier alpha value is -5.17. The molecule has 0 aliphatic carbocycles. The number of esters is 2. The Labute approximate surface area is 261 Å². The lowest BCUT2D eigenvalue weighted by Gasteiger charge is -2.45. The third-order valence-electron chi connectivity index (χ3n) is 7.78. The summed E-state index contributed by atoms with van der Waals surface area (Å²) in [6.45, 7) is 1.23. The number of furan rings is 2. The molecule has 2 heterocycles. The lowest BCUT2D eigenvalue weighted by atomic mass is 9.61. The highest BCUT2D eigenvalue weighted by Crippen LogP contribution is 2.49. The zero-order valence-electron chi connectivity index (χ0n) is 24.9. The largest absolute Gasteiger partial charge is 0.471 e. The van der Waals surface area contributed by atoms with E-state index in [0.717, 1.165) is 26.7 Å². The highest BCUT2D eigenvalue weighted by Gasteiger charge is 2.68. The van der Waals surface area contributed by atoms with Gasteiger partial charge < -0.3 is 28.3 Å². The predicted octanol–water partition coefficient (Wildman–Crippen LogP) is 5.03. The zero-order chi connectivity index (χ0) is 33.7. The minimum atomic E-state index is -5.52. The Morgan fingerprint density at radius 3 is 1.76 bits per heavy atom. The van der Waals surface area contributed by atoms with Crippen LogP contribution in [0.15, 0.2) is 106 Å². The van der Waals surface area contributed by atoms with Gasteiger partial charge in [-0.2, -0.15) is 13.2 Å². The van der Waals surface area contributed by atoms with E-state index in [1.54, 1.807) is 12.1 Å². The number of carbonyl (C=O) groups is 4. The van der Waals surface area contributed by atoms with Crippen molar-refractivity contribution in [1.82, 2.24) is 4.90 Å². The van der Waals surface area contributed by atoms with Crippen molar-refractivity contribution in [1.29, 1.82) is 0 Å². The summed E-state index contributed by atoms with van der Waals surface area (Å²) < 4.78 is 63.7. The van der Waals surface area contributed by atoms with Crippen LogP contribution in [-0.2, 0) is 29.3 Å². The summed E-state index contributed by atoms with van der Waals surface area (Å²) in [5, 5.41) is 12.7. The number of ether oxygens (including phenoxy) is 2. The number of hydrogen-bond acceptors (Lipinski definition) is 9. The number of alkyl halides is 3. The summed E-state index contributed by atoms with van der Waals surface area (Å²) in [6, 6.07) is 16.2. The molecule has 1 amide bonds. The van der Waals surface area contributed by atoms with Crippen LogP contribution in [0.5, 0.6) is 0 Å². The van der Waals surface area contributed by atoms with Gasteiger partial charge in [-0.1, -0.05) is 60.7 Å². The van der Waals surface area contributed by atoms with E-state index in [-0.39, 0.29) is 27.5 Å². The first kappa shape index (κ1) is 33.7. The van der Waals surface area contributed by atoms with E-state index in [0.29, 0.717) is 0 Å². The summed E-state index contributed by atoms with van der Waals surface area (Å²) in [7, 11) is 1.73. The summed E-state index contributed by atoms with van der Waals surface area (Å²) in [4.78, 5) is 55.4. The van der Waals surface area contributed by atoms with Gasteiger partial charge in [0.25, 0.3) is 0 Å². The molecule has 4 rings (SSSR count). The molecule has 0 saturated heterocycles. The molecule has 0 fully saturated rings. The van der Waals surface area contributed by atoms with E-state index < -0.39 is 59.3 Å². The minimum Gasteiger partial charge on any atom is -0.468 e. The number of aliphatic hydroxyl groups is 1. The van der Waals surface area contributed by atoms with Crippen molar-refractivity contribution in [2.75, 3.05) is 14.2 Å². The first-order valence-electron chi connectivity index (χ1n) is 13.9. The van der Waals surface area contributed by atoms with Crippen molar-refractivity contribution in [3.63, 3.8) is 0 Å². The van der Waals surface area contributed by atoms with Crippen LogP contribution in [0, 0.1) is 0 Å². The molecular weight excluding hydrogens is 611 g/mol. The van der Waals surface area contributed by atoms with Crippen LogP contribution in [0.4, 0.5) is 13.2 Å². The molecule has 0 spiro atoms. The van der Waals surface area contributed by atoms with Crippen LogP contribution in [0.1, 0.15) is 46.8 Å². The average Bonchev–Trinajstić information content (AvgIpc) is 3.80. The fourth-order valence-electron chi connectivity index (χ4n) is 5.63. The van der Waals surface area contributed by atoms with E-state index in [9.17, 15) is 37.5 Å². The van der Waals surface area contributed by atoms with Crippen molar-refractivity contribution in [2.45, 2.75) is 42.6 Å². The second kappa shape index (κ2) is 13.4. The highest BCUT2D eigenvalue weighted by molar-refractivity contribution is 6.10. The van der Waals surface area contributed by atoms with E-state index >= 15 is 0 Å². The normalized spacial score (nSPS) is 14.4. The van der Waals surface area contributed by atoms with Gasteiger partial charge in [0.15, 0.2) is 16.8 Å². The summed E-state index contributed by atoms with van der Waals surface area (Å²) in [5.74, 6) is -7.20. The molecular formula is C33H30F3NO9. The molecule has 0 saturated carbocycles. The Morgan fingerprint density at radius 2 is 1.33 bits per heavy atom. The maximum atomic E-state index is 14.7. The standard InChI is InChI=1S/C33H30F3NO9/c1-21(22-12-6-4-7-13-22)37(29(40)33(34,35)36)24(28(39)43-2)20-31(42,30(41)44-3)32(25-16-10-18-45-25,26-17-11-19-46-26)27(38)23-14-8-5-9-15-23/h4-19,21,24,42H,20H2,1-3H3/t21-,24+,31+/m1/s1. The maximum absolute atomic E-state index is 14.7. The first-order valence-corrected chi connectivity index (χ1v) is 13.9. The molecule has 242 valence electrons. The summed E-state index contributed by atoms with van der Waals surface area (Å²) in [6.07, 6.45) is -4.58. The first-order chi connectivity index (χ1) is 21.8. The van der Waals surface area contributed by atoms with Crippen molar-refractivity contribution < 1.29 is 55.8 Å². The van der Waals surface area contributed by atoms with Crippen LogP contribution in [0.25, 0.3) is 0 Å². The molecule has 0 unspecified atom stereocenters. The number of nitrogens with zero attached hydrogens (tertiary/aromatic N) is 1. The molecule has 46 heavy (non-hydrogen) atoms. The van der Waals surface area contributed by atoms with Crippen LogP contribution in [0.2, 0.25) is 0 Å². The molecule has 10 nitrogen and oxygen atoms in total. The van der Waals surface area contributed by atoms with Crippen LogP contribution in [0.3, 0.4) is 0 Å². The lowest BCUT2D eigenvalue weighted by molar-refractivity contribution is -0.197. The summed E-state index contributed by atoms with van der Waals surface area (Å²) >= 11 is 0. The van der Waals surface area contributed by atoms with Crippen LogP contribution >= 0.6 is 0 Å². The van der Waals surface area contributed by atoms with Gasteiger partial charge >= 0.3 is 24.0 Å². The smallest absolute Gasteiger partial charge is 0.468 e. The summed E-state index contributed by atoms with van der Waals surface area (Å²) in [5.41, 5.74) is -5.90. The number of hydrogen-bond donors (Lipinski definition) is 1. The average molecular weight is 642 g/mol. The van der Waals surface area contributed by atoms with Gasteiger partial charge in [0.05, 0.1) is 32.8 Å². The molecule has 3 atom stereocenters. The minimum absolute atomic E-state index is 0.0758. The van der Waals surface area contributed by atoms with Crippen molar-refractivity contribution in [2.24, 2.45) is 0 Å². The van der Waals surface area contributed by atoms with E-state index in [4.69, 9.17) is 18.3 Å². The number of methoxy groups -OCH3 is 2. The highest BCUT2D eigenvalue weighted by atomic mass is 19.4. The van der Waals surface area contributed by atoms with E-state index in [1.807, 2.05) is 0 Å². The van der Waals surface area contributed by atoms with Gasteiger partial charge in [0, 0.05) is 12.0 Å². The van der Waals surface area contributed by atoms with Crippen molar-refractivity contribution >= 4 is 23.6 Å². The van der Waals surface area contributed by atoms with E-state index in [1.165, 1.54) is 79.7 Å². The molecule has 13 heteroatoms. The third kappa shape index (κ3) is 5.93. The molecule has 0 aliphatic heterocycles. The number of rotatable bonds is 12. The van der Waals surface area contributed by atoms with Crippen molar-refractivity contribution in [3.05, 3.63) is 120 Å². The van der Waals surface area contributed by atoms with Gasteiger partial charge in [-0.3, -0.25) is 9.59 Å². The SMILES string of the molecule is COC(=O)[C@H](C[C@](O)(C(=O)OC)C(C(=O)c1ccccc1)(c1ccco1)c1ccco1)N(C(=O)C(F)(F)F)[C@H](C)c1ccccc1. The zero-order valence-corrected chi connectivity index (χ0v) is 24.9. The number of halogens is 3. The molecule has 4 aromatic rings. The van der Waals surface area contributed by atoms with Gasteiger partial charge in [0.1, 0.15) is 17.6 Å². The molecule has 0 bridgehead atoms. The maximum Gasteiger partial charge on any atom is 0.471 e. The monoisotopic (exact) mass is 641 g/mol. The fraction of sp³-hybridized carbons (Fsp3) is 0.273. The Morgan fingerprint density at radius 1 is 0.804 bits per heavy atom. The van der Waals surface area contributed by atoms with Gasteiger partial charge in [-0.25, -0.2) is 9.59 Å². The van der Waals surface area contributed by atoms with Gasteiger partial charge in [-0.05, 0) is 36.8 Å². The van der Waals surface area contributed by atoms with Gasteiger partial charge in [0.2, 0.25) is 0 Å². The molecule has 0 aliphatic rings. The predicted molar refractivity (Wildman–Crippen MR) is 154 cm³/mol. The molecule has 2 aromatic carbocycles.